The molecule has 78 valence electrons. The van der Waals surface area contributed by atoms with E-state index in [0.29, 0.717) is 0 Å². The molecule has 3 heteroatoms. The zero-order valence-electron chi connectivity index (χ0n) is 8.42. The van der Waals surface area contributed by atoms with Crippen molar-refractivity contribution in [2.24, 2.45) is 5.73 Å². The predicted octanol–water partition coefficient (Wildman–Crippen LogP) is 2.37. The maximum atomic E-state index is 12.9. The lowest BCUT2D eigenvalue weighted by molar-refractivity contribution is 0.617. The number of rotatable bonds is 5. The molecule has 2 N–H and O–H groups in total. The fourth-order valence-electron chi connectivity index (χ4n) is 1.24. The van der Waals surface area contributed by atoms with Crippen molar-refractivity contribution >= 4 is 11.8 Å². The summed E-state index contributed by atoms with van der Waals surface area (Å²) in [4.78, 5) is 0. The van der Waals surface area contributed by atoms with Crippen molar-refractivity contribution in [3.8, 4) is 0 Å². The van der Waals surface area contributed by atoms with Crippen LogP contribution in [0.15, 0.2) is 18.2 Å². The molecule has 0 radical (unpaired) electrons. The van der Waals surface area contributed by atoms with Gasteiger partial charge in [0.2, 0.25) is 0 Å². The Morgan fingerprint density at radius 1 is 1.36 bits per heavy atom. The van der Waals surface area contributed by atoms with Gasteiger partial charge in [0.25, 0.3) is 0 Å². The van der Waals surface area contributed by atoms with E-state index in [4.69, 9.17) is 5.73 Å². The van der Waals surface area contributed by atoms with E-state index in [1.54, 1.807) is 6.92 Å². The van der Waals surface area contributed by atoms with Gasteiger partial charge in [-0.15, -0.1) is 0 Å². The third-order valence-corrected chi connectivity index (χ3v) is 3.04. The summed E-state index contributed by atoms with van der Waals surface area (Å²) in [6.07, 6.45) is 0.992. The third-order valence-electron chi connectivity index (χ3n) is 2.02. The molecule has 1 aromatic carbocycles. The molecule has 14 heavy (non-hydrogen) atoms. The van der Waals surface area contributed by atoms with Crippen LogP contribution < -0.4 is 5.73 Å². The second kappa shape index (κ2) is 6.04. The summed E-state index contributed by atoms with van der Waals surface area (Å²) in [6.45, 7) is 2.53. The molecule has 0 heterocycles. The van der Waals surface area contributed by atoms with Crippen molar-refractivity contribution in [2.45, 2.75) is 13.3 Å². The monoisotopic (exact) mass is 213 g/mol. The summed E-state index contributed by atoms with van der Waals surface area (Å²) in [7, 11) is 0. The highest BCUT2D eigenvalue weighted by atomic mass is 32.2. The highest BCUT2D eigenvalue weighted by Crippen LogP contribution is 2.11. The SMILES string of the molecule is Cc1cc(CCSCCN)ccc1F. The molecule has 1 aromatic rings. The minimum absolute atomic E-state index is 0.122. The highest BCUT2D eigenvalue weighted by Gasteiger charge is 1.98. The topological polar surface area (TPSA) is 26.0 Å². The summed E-state index contributed by atoms with van der Waals surface area (Å²) >= 11 is 1.84. The van der Waals surface area contributed by atoms with Gasteiger partial charge in [0.1, 0.15) is 5.82 Å². The molecular weight excluding hydrogens is 197 g/mol. The van der Waals surface area contributed by atoms with Gasteiger partial charge in [-0.3, -0.25) is 0 Å². The molecule has 0 fully saturated rings. The number of halogens is 1. The standard InChI is InChI=1S/C11H16FNS/c1-9-8-10(2-3-11(9)12)4-6-14-7-5-13/h2-3,8H,4-7,13H2,1H3. The molecule has 0 aliphatic carbocycles. The second-order valence-electron chi connectivity index (χ2n) is 3.23. The molecule has 0 saturated carbocycles. The first-order valence-electron chi connectivity index (χ1n) is 4.77. The Morgan fingerprint density at radius 2 is 2.14 bits per heavy atom. The number of thioether (sulfide) groups is 1. The van der Waals surface area contributed by atoms with E-state index in [9.17, 15) is 4.39 Å². The Labute approximate surface area is 88.9 Å². The fourth-order valence-corrected chi connectivity index (χ4v) is 1.99. The summed E-state index contributed by atoms with van der Waals surface area (Å²) in [5, 5.41) is 0. The Morgan fingerprint density at radius 3 is 2.79 bits per heavy atom. The van der Waals surface area contributed by atoms with Crippen LogP contribution in [0.25, 0.3) is 0 Å². The molecule has 0 unspecified atom stereocenters. The maximum absolute atomic E-state index is 12.9. The minimum Gasteiger partial charge on any atom is -0.330 e. The van der Waals surface area contributed by atoms with Crippen LogP contribution in [0.4, 0.5) is 4.39 Å². The summed E-state index contributed by atoms with van der Waals surface area (Å²) in [5.41, 5.74) is 7.31. The molecule has 0 spiro atoms. The first kappa shape index (κ1) is 11.5. The first-order valence-corrected chi connectivity index (χ1v) is 5.92. The molecule has 0 saturated heterocycles. The van der Waals surface area contributed by atoms with Crippen molar-refractivity contribution in [1.82, 2.24) is 0 Å². The average molecular weight is 213 g/mol. The molecule has 1 rings (SSSR count). The third kappa shape index (κ3) is 3.68. The van der Waals surface area contributed by atoms with Crippen LogP contribution in [0, 0.1) is 12.7 Å². The van der Waals surface area contributed by atoms with Crippen LogP contribution in [-0.2, 0) is 6.42 Å². The fraction of sp³-hybridized carbons (Fsp3) is 0.455. The number of hydrogen-bond acceptors (Lipinski definition) is 2. The lowest BCUT2D eigenvalue weighted by atomic mass is 10.1. The number of aryl methyl sites for hydroxylation is 2. The van der Waals surface area contributed by atoms with Crippen LogP contribution >= 0.6 is 11.8 Å². The largest absolute Gasteiger partial charge is 0.330 e. The van der Waals surface area contributed by atoms with Crippen molar-refractivity contribution in [2.75, 3.05) is 18.1 Å². The van der Waals surface area contributed by atoms with Gasteiger partial charge >= 0.3 is 0 Å². The van der Waals surface area contributed by atoms with Crippen LogP contribution in [0.1, 0.15) is 11.1 Å². The minimum atomic E-state index is -0.122. The van der Waals surface area contributed by atoms with Gasteiger partial charge in [0, 0.05) is 12.3 Å². The van der Waals surface area contributed by atoms with Crippen LogP contribution in [0.3, 0.4) is 0 Å². The van der Waals surface area contributed by atoms with E-state index in [2.05, 4.69) is 0 Å². The van der Waals surface area contributed by atoms with Gasteiger partial charge in [-0.05, 0) is 36.3 Å². The van der Waals surface area contributed by atoms with Gasteiger partial charge in [0.05, 0.1) is 0 Å². The molecule has 0 aromatic heterocycles. The van der Waals surface area contributed by atoms with E-state index in [-0.39, 0.29) is 5.82 Å². The van der Waals surface area contributed by atoms with Gasteiger partial charge in [0.15, 0.2) is 0 Å². The Kier molecular flexibility index (Phi) is 4.98. The predicted molar refractivity (Wildman–Crippen MR) is 61.2 cm³/mol. The smallest absolute Gasteiger partial charge is 0.126 e. The normalized spacial score (nSPS) is 10.5. The van der Waals surface area contributed by atoms with Crippen molar-refractivity contribution in [3.05, 3.63) is 35.1 Å². The first-order chi connectivity index (χ1) is 6.74. The van der Waals surface area contributed by atoms with E-state index >= 15 is 0 Å². The average Bonchev–Trinajstić information content (AvgIpc) is 2.18. The second-order valence-corrected chi connectivity index (χ2v) is 4.46. The Balaban J connectivity index is 2.39. The quantitative estimate of drug-likeness (QED) is 0.760. The van der Waals surface area contributed by atoms with E-state index < -0.39 is 0 Å². The van der Waals surface area contributed by atoms with Crippen LogP contribution in [0.5, 0.6) is 0 Å². The number of benzene rings is 1. The van der Waals surface area contributed by atoms with E-state index in [0.717, 1.165) is 30.0 Å². The molecular formula is C11H16FNS. The summed E-state index contributed by atoms with van der Waals surface area (Å²) in [6, 6.07) is 5.31. The van der Waals surface area contributed by atoms with Gasteiger partial charge in [-0.25, -0.2) is 4.39 Å². The lowest BCUT2D eigenvalue weighted by Crippen LogP contribution is -2.02. The van der Waals surface area contributed by atoms with Crippen LogP contribution in [-0.4, -0.2) is 18.1 Å². The molecule has 0 aliphatic heterocycles. The number of hydrogen-bond donors (Lipinski definition) is 1. The van der Waals surface area contributed by atoms with Crippen LogP contribution in [0.2, 0.25) is 0 Å². The summed E-state index contributed by atoms with van der Waals surface area (Å²) in [5.74, 6) is 1.94. The van der Waals surface area contributed by atoms with Crippen molar-refractivity contribution in [3.63, 3.8) is 0 Å². The van der Waals surface area contributed by atoms with E-state index in [1.807, 2.05) is 23.9 Å². The molecule has 0 amide bonds. The zero-order chi connectivity index (χ0) is 10.4. The Bertz CT molecular complexity index is 289. The molecule has 1 nitrogen and oxygen atoms in total. The van der Waals surface area contributed by atoms with Gasteiger partial charge in [-0.2, -0.15) is 11.8 Å². The zero-order valence-corrected chi connectivity index (χ0v) is 9.24. The summed E-state index contributed by atoms with van der Waals surface area (Å²) < 4.78 is 12.9. The highest BCUT2D eigenvalue weighted by molar-refractivity contribution is 7.99. The lowest BCUT2D eigenvalue weighted by Gasteiger charge is -2.03. The van der Waals surface area contributed by atoms with E-state index in [1.165, 1.54) is 11.6 Å². The maximum Gasteiger partial charge on any atom is 0.126 e. The number of nitrogens with two attached hydrogens (primary N) is 1. The Hall–Kier alpha value is -0.540. The van der Waals surface area contributed by atoms with Crippen molar-refractivity contribution in [1.29, 1.82) is 0 Å². The molecule has 0 bridgehead atoms. The van der Waals surface area contributed by atoms with Gasteiger partial charge < -0.3 is 5.73 Å². The van der Waals surface area contributed by atoms with Gasteiger partial charge in [-0.1, -0.05) is 12.1 Å². The molecule has 0 atom stereocenters. The van der Waals surface area contributed by atoms with Crippen molar-refractivity contribution < 1.29 is 4.39 Å². The molecule has 0 aliphatic rings.